The minimum atomic E-state index is -0.680. The molecule has 0 aliphatic rings. The first-order valence-corrected chi connectivity index (χ1v) is 14.7. The molecule has 0 aliphatic heterocycles. The average molecular weight is 585 g/mol. The van der Waals surface area contributed by atoms with Crippen LogP contribution >= 0.6 is 0 Å². The molecule has 4 N–H and O–H groups in total. The van der Waals surface area contributed by atoms with Crippen LogP contribution in [0.2, 0.25) is 0 Å². The van der Waals surface area contributed by atoms with E-state index < -0.39 is 6.09 Å². The second kappa shape index (κ2) is 15.5. The van der Waals surface area contributed by atoms with Gasteiger partial charge in [0.2, 0.25) is 0 Å². The first-order chi connectivity index (χ1) is 20.9. The molecule has 10 nitrogen and oxygen atoms in total. The van der Waals surface area contributed by atoms with Crippen LogP contribution in [0.5, 0.6) is 0 Å². The highest BCUT2D eigenvalue weighted by molar-refractivity contribution is 6.07. The highest BCUT2D eigenvalue weighted by Gasteiger charge is 2.19. The summed E-state index contributed by atoms with van der Waals surface area (Å²) in [5.74, 6) is 0.759. The summed E-state index contributed by atoms with van der Waals surface area (Å²) in [5, 5.41) is 12.7. The van der Waals surface area contributed by atoms with Gasteiger partial charge in [0.25, 0.3) is 5.91 Å². The minimum absolute atomic E-state index is 0.00381. The topological polar surface area (TPSA) is 135 Å². The summed E-state index contributed by atoms with van der Waals surface area (Å²) >= 11 is 0. The quantitative estimate of drug-likeness (QED) is 0.0992. The third-order valence-corrected chi connectivity index (χ3v) is 7.14. The minimum Gasteiger partial charge on any atom is -0.448 e. The SMILES string of the molecule is CCCCCCOC(=O)/N=C(\N)c1ccc(NCc2nc3cc(C(=O)N(CCCO)c4ccccc4)ccc3n2C)cc1. The van der Waals surface area contributed by atoms with Gasteiger partial charge in [-0.05, 0) is 67.4 Å². The fourth-order valence-electron chi connectivity index (χ4n) is 4.70. The van der Waals surface area contributed by atoms with E-state index in [9.17, 15) is 14.7 Å². The van der Waals surface area contributed by atoms with Crippen LogP contribution in [0.25, 0.3) is 11.0 Å². The van der Waals surface area contributed by atoms with Crippen LogP contribution in [0, 0.1) is 0 Å². The monoisotopic (exact) mass is 584 g/mol. The second-order valence-electron chi connectivity index (χ2n) is 10.3. The molecule has 1 heterocycles. The Bertz CT molecular complexity index is 1530. The van der Waals surface area contributed by atoms with E-state index in [4.69, 9.17) is 15.5 Å². The molecule has 1 aromatic heterocycles. The Labute approximate surface area is 252 Å². The van der Waals surface area contributed by atoms with Gasteiger partial charge in [0, 0.05) is 42.7 Å². The molecule has 0 bridgehead atoms. The van der Waals surface area contributed by atoms with Crippen molar-refractivity contribution in [3.8, 4) is 0 Å². The van der Waals surface area contributed by atoms with E-state index >= 15 is 0 Å². The van der Waals surface area contributed by atoms with Gasteiger partial charge in [0.1, 0.15) is 11.7 Å². The van der Waals surface area contributed by atoms with Gasteiger partial charge in [-0.1, -0.05) is 44.4 Å². The third kappa shape index (κ3) is 8.42. The number of rotatable bonds is 14. The molecule has 0 saturated heterocycles. The molecular weight excluding hydrogens is 544 g/mol. The number of hydrogen-bond acceptors (Lipinski definition) is 6. The number of unbranched alkanes of at least 4 members (excludes halogenated alkanes) is 3. The van der Waals surface area contributed by atoms with Crippen molar-refractivity contribution in [2.75, 3.05) is 30.0 Å². The Balaban J connectivity index is 1.39. The van der Waals surface area contributed by atoms with E-state index in [1.54, 1.807) is 17.0 Å². The number of nitrogens with one attached hydrogen (secondary N) is 1. The van der Waals surface area contributed by atoms with Gasteiger partial charge < -0.3 is 30.4 Å². The molecule has 0 radical (unpaired) electrons. The van der Waals surface area contributed by atoms with Crippen LogP contribution in [0.3, 0.4) is 0 Å². The van der Waals surface area contributed by atoms with Gasteiger partial charge in [0.05, 0.1) is 24.2 Å². The molecule has 0 fully saturated rings. The van der Waals surface area contributed by atoms with Crippen molar-refractivity contribution < 1.29 is 19.4 Å². The van der Waals surface area contributed by atoms with E-state index in [2.05, 4.69) is 17.2 Å². The molecule has 0 aliphatic carbocycles. The first kappa shape index (κ1) is 31.2. The average Bonchev–Trinajstić information content (AvgIpc) is 3.35. The summed E-state index contributed by atoms with van der Waals surface area (Å²) in [4.78, 5) is 35.7. The summed E-state index contributed by atoms with van der Waals surface area (Å²) in [6.07, 6.45) is 3.87. The fourth-order valence-corrected chi connectivity index (χ4v) is 4.70. The van der Waals surface area contributed by atoms with Crippen molar-refractivity contribution in [1.29, 1.82) is 0 Å². The predicted octanol–water partition coefficient (Wildman–Crippen LogP) is 5.64. The lowest BCUT2D eigenvalue weighted by molar-refractivity contribution is 0.0985. The van der Waals surface area contributed by atoms with Crippen molar-refractivity contribution in [3.05, 3.63) is 89.7 Å². The van der Waals surface area contributed by atoms with Crippen molar-refractivity contribution in [2.24, 2.45) is 17.8 Å². The zero-order valence-corrected chi connectivity index (χ0v) is 24.8. The maximum Gasteiger partial charge on any atom is 0.435 e. The smallest absolute Gasteiger partial charge is 0.435 e. The summed E-state index contributed by atoms with van der Waals surface area (Å²) in [5.41, 5.74) is 10.4. The van der Waals surface area contributed by atoms with Gasteiger partial charge in [-0.3, -0.25) is 4.79 Å². The highest BCUT2D eigenvalue weighted by Crippen LogP contribution is 2.22. The third-order valence-electron chi connectivity index (χ3n) is 7.14. The zero-order valence-electron chi connectivity index (χ0n) is 24.8. The van der Waals surface area contributed by atoms with Crippen molar-refractivity contribution >= 4 is 40.2 Å². The van der Waals surface area contributed by atoms with Crippen LogP contribution in [0.15, 0.2) is 77.8 Å². The van der Waals surface area contributed by atoms with E-state index in [0.29, 0.717) is 37.2 Å². The molecular formula is C33H40N6O4. The number of para-hydroxylation sites is 1. The normalized spacial score (nSPS) is 11.5. The second-order valence-corrected chi connectivity index (χ2v) is 10.3. The fraction of sp³-hybridized carbons (Fsp3) is 0.333. The molecule has 4 aromatic rings. The number of aromatic nitrogens is 2. The number of benzene rings is 3. The molecule has 0 spiro atoms. The summed E-state index contributed by atoms with van der Waals surface area (Å²) in [7, 11) is 1.94. The highest BCUT2D eigenvalue weighted by atomic mass is 16.5. The summed E-state index contributed by atoms with van der Waals surface area (Å²) in [6.45, 7) is 3.34. The van der Waals surface area contributed by atoms with Crippen LogP contribution in [0.1, 0.15) is 60.8 Å². The van der Waals surface area contributed by atoms with Crippen LogP contribution in [-0.4, -0.2) is 52.3 Å². The number of aryl methyl sites for hydroxylation is 1. The molecule has 226 valence electrons. The van der Waals surface area contributed by atoms with Gasteiger partial charge in [-0.15, -0.1) is 0 Å². The number of carbonyl (C=O) groups is 2. The molecule has 10 heteroatoms. The molecule has 0 saturated carbocycles. The Morgan fingerprint density at radius 2 is 1.74 bits per heavy atom. The number of amides is 2. The Kier molecular flexibility index (Phi) is 11.3. The maximum absolute atomic E-state index is 13.5. The summed E-state index contributed by atoms with van der Waals surface area (Å²) < 4.78 is 7.13. The van der Waals surface area contributed by atoms with Gasteiger partial charge >= 0.3 is 6.09 Å². The van der Waals surface area contributed by atoms with Gasteiger partial charge in [-0.25, -0.2) is 9.78 Å². The number of hydrogen-bond donors (Lipinski definition) is 3. The number of anilines is 2. The van der Waals surface area contributed by atoms with Gasteiger partial charge in [0.15, 0.2) is 0 Å². The number of aliphatic imine (C=N–C) groups is 1. The molecule has 2 amide bonds. The number of fused-ring (bicyclic) bond motifs is 1. The number of amidine groups is 1. The van der Waals surface area contributed by atoms with Gasteiger partial charge in [-0.2, -0.15) is 4.99 Å². The largest absolute Gasteiger partial charge is 0.448 e. The van der Waals surface area contributed by atoms with Crippen molar-refractivity contribution in [1.82, 2.24) is 9.55 Å². The Morgan fingerprint density at radius 1 is 1.00 bits per heavy atom. The predicted molar refractivity (Wildman–Crippen MR) is 171 cm³/mol. The van der Waals surface area contributed by atoms with Crippen molar-refractivity contribution in [3.63, 3.8) is 0 Å². The number of ether oxygens (including phenoxy) is 1. The maximum atomic E-state index is 13.5. The molecule has 3 aromatic carbocycles. The number of nitrogens with zero attached hydrogens (tertiary/aromatic N) is 4. The summed E-state index contributed by atoms with van der Waals surface area (Å²) in [6, 6.07) is 22.3. The van der Waals surface area contributed by atoms with E-state index in [1.165, 1.54) is 0 Å². The number of aliphatic hydroxyl groups is 1. The number of carbonyl (C=O) groups excluding carboxylic acids is 2. The lowest BCUT2D eigenvalue weighted by Crippen LogP contribution is -2.32. The Morgan fingerprint density at radius 3 is 2.47 bits per heavy atom. The Hall–Kier alpha value is -4.70. The van der Waals surface area contributed by atoms with Crippen LogP contribution in [0.4, 0.5) is 16.2 Å². The van der Waals surface area contributed by atoms with Crippen LogP contribution in [-0.2, 0) is 18.3 Å². The molecule has 4 rings (SSSR count). The lowest BCUT2D eigenvalue weighted by atomic mass is 10.1. The zero-order chi connectivity index (χ0) is 30.6. The molecule has 0 unspecified atom stereocenters. The van der Waals surface area contributed by atoms with E-state index in [1.807, 2.05) is 72.3 Å². The first-order valence-electron chi connectivity index (χ1n) is 14.7. The van der Waals surface area contributed by atoms with Crippen molar-refractivity contribution in [2.45, 2.75) is 45.6 Å². The van der Waals surface area contributed by atoms with Crippen LogP contribution < -0.4 is 16.0 Å². The number of imidazole rings is 1. The number of nitrogens with two attached hydrogens (primary N) is 1. The number of aliphatic hydroxyl groups excluding tert-OH is 1. The lowest BCUT2D eigenvalue weighted by Gasteiger charge is -2.22. The van der Waals surface area contributed by atoms with E-state index in [0.717, 1.165) is 53.9 Å². The molecule has 0 atom stereocenters. The van der Waals surface area contributed by atoms with E-state index in [-0.39, 0.29) is 18.3 Å². The molecule has 43 heavy (non-hydrogen) atoms. The standard InChI is InChI=1S/C33H40N6O4/c1-3-4-5-9-21-43-33(42)37-31(34)24-13-16-26(17-14-24)35-23-30-36-28-22-25(15-18-29(28)38(30)2)32(41)39(19-10-20-40)27-11-7-6-8-12-27/h6-8,11-18,22,35,40H,3-5,9-10,19-21,23H2,1-2H3,(H2,34,37,42).